The Bertz CT molecular complexity index is 583. The number of rotatable bonds is 4. The summed E-state index contributed by atoms with van der Waals surface area (Å²) in [6.45, 7) is 3.50. The molecule has 0 fully saturated rings. The molecular formula is C13H13ClN4. The fourth-order valence-corrected chi connectivity index (χ4v) is 1.80. The minimum Gasteiger partial charge on any atom is -0.380 e. The summed E-state index contributed by atoms with van der Waals surface area (Å²) in [6, 6.07) is 7.30. The number of halogens is 1. The molecule has 4 nitrogen and oxygen atoms in total. The van der Waals surface area contributed by atoms with Crippen molar-refractivity contribution >= 4 is 17.3 Å². The van der Waals surface area contributed by atoms with Crippen LogP contribution in [0, 0.1) is 11.3 Å². The molecule has 0 unspecified atom stereocenters. The fourth-order valence-electron chi connectivity index (χ4n) is 1.63. The van der Waals surface area contributed by atoms with Crippen molar-refractivity contribution in [2.24, 2.45) is 0 Å². The molecule has 0 radical (unpaired) electrons. The van der Waals surface area contributed by atoms with Crippen LogP contribution in [0.2, 0.25) is 5.02 Å². The monoisotopic (exact) mass is 260 g/mol. The van der Waals surface area contributed by atoms with Gasteiger partial charge in [0.2, 0.25) is 0 Å². The lowest BCUT2D eigenvalue weighted by Crippen LogP contribution is -2.00. The summed E-state index contributed by atoms with van der Waals surface area (Å²) >= 11 is 5.92. The normalized spacial score (nSPS) is 10.1. The minimum absolute atomic E-state index is 0.585. The van der Waals surface area contributed by atoms with E-state index in [4.69, 9.17) is 16.9 Å². The van der Waals surface area contributed by atoms with Gasteiger partial charge >= 0.3 is 0 Å². The zero-order valence-electron chi connectivity index (χ0n) is 10.0. The summed E-state index contributed by atoms with van der Waals surface area (Å²) < 4.78 is 1.86. The molecule has 2 aromatic rings. The smallest absolute Gasteiger partial charge is 0.101 e. The summed E-state index contributed by atoms with van der Waals surface area (Å²) in [6.07, 6.45) is 3.79. The van der Waals surface area contributed by atoms with Gasteiger partial charge in [-0.05, 0) is 25.1 Å². The molecule has 1 aromatic heterocycles. The third kappa shape index (κ3) is 2.82. The Balaban J connectivity index is 2.10. The topological polar surface area (TPSA) is 53.6 Å². The SMILES string of the molecule is CCn1cc(CNc2cc(Cl)ccc2C#N)cn1. The van der Waals surface area contributed by atoms with Crippen LogP contribution in [0.15, 0.2) is 30.6 Å². The Morgan fingerprint density at radius 2 is 2.33 bits per heavy atom. The molecule has 5 heteroatoms. The van der Waals surface area contributed by atoms with E-state index in [2.05, 4.69) is 16.5 Å². The number of anilines is 1. The van der Waals surface area contributed by atoms with E-state index in [1.165, 1.54) is 0 Å². The van der Waals surface area contributed by atoms with Crippen molar-refractivity contribution in [2.75, 3.05) is 5.32 Å². The van der Waals surface area contributed by atoms with Gasteiger partial charge in [-0.15, -0.1) is 0 Å². The van der Waals surface area contributed by atoms with E-state index < -0.39 is 0 Å². The van der Waals surface area contributed by atoms with E-state index in [1.54, 1.807) is 18.2 Å². The van der Waals surface area contributed by atoms with Crippen LogP contribution in [-0.4, -0.2) is 9.78 Å². The minimum atomic E-state index is 0.585. The molecule has 92 valence electrons. The average Bonchev–Trinajstić information content (AvgIpc) is 2.84. The number of benzene rings is 1. The van der Waals surface area contributed by atoms with E-state index in [-0.39, 0.29) is 0 Å². The Labute approximate surface area is 111 Å². The highest BCUT2D eigenvalue weighted by atomic mass is 35.5. The largest absolute Gasteiger partial charge is 0.380 e. The molecule has 0 spiro atoms. The van der Waals surface area contributed by atoms with Gasteiger partial charge in [0.15, 0.2) is 0 Å². The fraction of sp³-hybridized carbons (Fsp3) is 0.231. The molecule has 0 bridgehead atoms. The first-order valence-electron chi connectivity index (χ1n) is 5.67. The average molecular weight is 261 g/mol. The van der Waals surface area contributed by atoms with Crippen LogP contribution >= 0.6 is 11.6 Å². The molecule has 1 N–H and O–H groups in total. The van der Waals surface area contributed by atoms with Gasteiger partial charge in [-0.3, -0.25) is 4.68 Å². The maximum Gasteiger partial charge on any atom is 0.101 e. The van der Waals surface area contributed by atoms with Crippen LogP contribution in [-0.2, 0) is 13.1 Å². The zero-order chi connectivity index (χ0) is 13.0. The lowest BCUT2D eigenvalue weighted by atomic mass is 10.2. The van der Waals surface area contributed by atoms with Crippen LogP contribution in [0.25, 0.3) is 0 Å². The van der Waals surface area contributed by atoms with Gasteiger partial charge in [-0.1, -0.05) is 11.6 Å². The maximum atomic E-state index is 9.00. The van der Waals surface area contributed by atoms with E-state index in [1.807, 2.05) is 24.0 Å². The maximum absolute atomic E-state index is 9.00. The molecule has 18 heavy (non-hydrogen) atoms. The highest BCUT2D eigenvalue weighted by molar-refractivity contribution is 6.30. The Morgan fingerprint density at radius 3 is 3.00 bits per heavy atom. The van der Waals surface area contributed by atoms with Gasteiger partial charge < -0.3 is 5.32 Å². The first kappa shape index (κ1) is 12.5. The van der Waals surface area contributed by atoms with Crippen molar-refractivity contribution in [1.82, 2.24) is 9.78 Å². The number of hydrogen-bond donors (Lipinski definition) is 1. The molecule has 0 aliphatic carbocycles. The van der Waals surface area contributed by atoms with Gasteiger partial charge in [-0.25, -0.2) is 0 Å². The van der Waals surface area contributed by atoms with Gasteiger partial charge in [-0.2, -0.15) is 10.4 Å². The van der Waals surface area contributed by atoms with Gasteiger partial charge in [0, 0.05) is 29.9 Å². The molecule has 0 amide bonds. The molecule has 1 aromatic carbocycles. The van der Waals surface area contributed by atoms with Crippen LogP contribution in [0.4, 0.5) is 5.69 Å². The number of nitrogens with one attached hydrogen (secondary N) is 1. The first-order chi connectivity index (χ1) is 8.72. The third-order valence-corrected chi connectivity index (χ3v) is 2.83. The number of aryl methyl sites for hydroxylation is 1. The highest BCUT2D eigenvalue weighted by Crippen LogP contribution is 2.20. The van der Waals surface area contributed by atoms with Crippen molar-refractivity contribution in [2.45, 2.75) is 20.0 Å². The summed E-state index contributed by atoms with van der Waals surface area (Å²) in [5.74, 6) is 0. The molecule has 0 aliphatic rings. The summed E-state index contributed by atoms with van der Waals surface area (Å²) in [5.41, 5.74) is 2.40. The Kier molecular flexibility index (Phi) is 3.85. The summed E-state index contributed by atoms with van der Waals surface area (Å²) in [4.78, 5) is 0. The number of nitriles is 1. The van der Waals surface area contributed by atoms with Gasteiger partial charge in [0.05, 0.1) is 17.4 Å². The predicted molar refractivity (Wildman–Crippen MR) is 71.4 cm³/mol. The molecule has 0 aliphatic heterocycles. The Morgan fingerprint density at radius 1 is 1.50 bits per heavy atom. The van der Waals surface area contributed by atoms with E-state index in [0.717, 1.165) is 17.8 Å². The lowest BCUT2D eigenvalue weighted by molar-refractivity contribution is 0.659. The van der Waals surface area contributed by atoms with Crippen molar-refractivity contribution in [3.63, 3.8) is 0 Å². The Hall–Kier alpha value is -1.99. The van der Waals surface area contributed by atoms with Crippen molar-refractivity contribution in [3.05, 3.63) is 46.7 Å². The van der Waals surface area contributed by atoms with Crippen molar-refractivity contribution < 1.29 is 0 Å². The predicted octanol–water partition coefficient (Wildman–Crippen LogP) is 3.04. The van der Waals surface area contributed by atoms with Gasteiger partial charge in [0.1, 0.15) is 6.07 Å². The van der Waals surface area contributed by atoms with Crippen LogP contribution < -0.4 is 5.32 Å². The van der Waals surface area contributed by atoms with Gasteiger partial charge in [0.25, 0.3) is 0 Å². The number of nitrogens with zero attached hydrogens (tertiary/aromatic N) is 3. The molecule has 0 saturated carbocycles. The quantitative estimate of drug-likeness (QED) is 0.919. The molecule has 0 saturated heterocycles. The van der Waals surface area contributed by atoms with Crippen LogP contribution in [0.3, 0.4) is 0 Å². The van der Waals surface area contributed by atoms with E-state index in [9.17, 15) is 0 Å². The number of hydrogen-bond acceptors (Lipinski definition) is 3. The lowest BCUT2D eigenvalue weighted by Gasteiger charge is -2.07. The third-order valence-electron chi connectivity index (χ3n) is 2.60. The standard InChI is InChI=1S/C13H13ClN4/c1-2-18-9-10(8-17-18)7-16-13-5-12(14)4-3-11(13)6-15/h3-5,8-9,16H,2,7H2,1H3. The second kappa shape index (κ2) is 5.56. The molecule has 1 heterocycles. The second-order valence-corrected chi connectivity index (χ2v) is 4.30. The highest BCUT2D eigenvalue weighted by Gasteiger charge is 2.03. The molecule has 0 atom stereocenters. The first-order valence-corrected chi connectivity index (χ1v) is 6.05. The van der Waals surface area contributed by atoms with E-state index >= 15 is 0 Å². The molecule has 2 rings (SSSR count). The zero-order valence-corrected chi connectivity index (χ0v) is 10.8. The molecular weight excluding hydrogens is 248 g/mol. The second-order valence-electron chi connectivity index (χ2n) is 3.86. The van der Waals surface area contributed by atoms with Crippen LogP contribution in [0.1, 0.15) is 18.1 Å². The van der Waals surface area contributed by atoms with E-state index in [0.29, 0.717) is 17.1 Å². The summed E-state index contributed by atoms with van der Waals surface area (Å²) in [5, 5.41) is 17.0. The summed E-state index contributed by atoms with van der Waals surface area (Å²) in [7, 11) is 0. The van der Waals surface area contributed by atoms with Crippen molar-refractivity contribution in [3.8, 4) is 6.07 Å². The van der Waals surface area contributed by atoms with Crippen LogP contribution in [0.5, 0.6) is 0 Å². The number of aromatic nitrogens is 2. The van der Waals surface area contributed by atoms with Crippen molar-refractivity contribution in [1.29, 1.82) is 5.26 Å².